The van der Waals surface area contributed by atoms with Gasteiger partial charge in [-0.15, -0.1) is 0 Å². The molecule has 0 amide bonds. The Kier molecular flexibility index (Phi) is 6.50. The molecule has 0 aliphatic carbocycles. The summed E-state index contributed by atoms with van der Waals surface area (Å²) in [6, 6.07) is 13.4. The van der Waals surface area contributed by atoms with E-state index in [0.717, 1.165) is 48.0 Å². The summed E-state index contributed by atoms with van der Waals surface area (Å²) < 4.78 is 3.24. The Balaban J connectivity index is 1.51. The number of hydrogen-bond donors (Lipinski definition) is 0. The molecule has 0 spiro atoms. The van der Waals surface area contributed by atoms with Gasteiger partial charge in [0.05, 0.1) is 23.5 Å². The Morgan fingerprint density at radius 1 is 1.11 bits per heavy atom. The van der Waals surface area contributed by atoms with Gasteiger partial charge < -0.3 is 9.47 Å². The van der Waals surface area contributed by atoms with E-state index in [0.29, 0.717) is 6.04 Å². The number of anilines is 1. The van der Waals surface area contributed by atoms with Crippen LogP contribution >= 0.6 is 0 Å². The van der Waals surface area contributed by atoms with Crippen molar-refractivity contribution in [2.75, 3.05) is 18.0 Å². The van der Waals surface area contributed by atoms with E-state index in [1.807, 2.05) is 18.5 Å². The average molecular weight is 484 g/mol. The molecule has 0 N–H and O–H groups in total. The van der Waals surface area contributed by atoms with Crippen molar-refractivity contribution < 1.29 is 0 Å². The molecule has 1 saturated heterocycles. The van der Waals surface area contributed by atoms with Crippen molar-refractivity contribution in [1.29, 1.82) is 5.26 Å². The highest BCUT2D eigenvalue weighted by molar-refractivity contribution is 5.88. The van der Waals surface area contributed by atoms with Crippen molar-refractivity contribution in [2.24, 2.45) is 7.05 Å². The highest BCUT2D eigenvalue weighted by atomic mass is 16.1. The molecule has 0 saturated carbocycles. The van der Waals surface area contributed by atoms with Gasteiger partial charge >= 0.3 is 0 Å². The van der Waals surface area contributed by atoms with Crippen LogP contribution < -0.4 is 10.5 Å². The van der Waals surface area contributed by atoms with Crippen molar-refractivity contribution in [3.05, 3.63) is 64.8 Å². The molecular weight excluding hydrogens is 450 g/mol. The maximum Gasteiger partial charge on any atom is 0.252 e. The Morgan fingerprint density at radius 3 is 2.67 bits per heavy atom. The van der Waals surface area contributed by atoms with Gasteiger partial charge in [0.2, 0.25) is 0 Å². The van der Waals surface area contributed by atoms with E-state index in [9.17, 15) is 4.79 Å². The number of aromatic nitrogens is 4. The maximum atomic E-state index is 12.9. The van der Waals surface area contributed by atoms with Crippen LogP contribution in [0, 0.1) is 11.3 Å². The SMILES string of the molecule is CC[C@H]1CN(C(C)c2ccc3ccncc3c2)[C@H](CC)CN1c1cc(=O)n(C)c2cn(CC#N)nc12. The summed E-state index contributed by atoms with van der Waals surface area (Å²) in [7, 11) is 1.76. The van der Waals surface area contributed by atoms with Gasteiger partial charge in [0.25, 0.3) is 5.56 Å². The molecule has 36 heavy (non-hydrogen) atoms. The zero-order valence-electron chi connectivity index (χ0n) is 21.4. The fourth-order valence-electron chi connectivity index (χ4n) is 5.62. The standard InChI is InChI=1S/C28H33N7O/c1-5-23-17-35(25-14-27(36)32(4)26-18-33(12-10-29)31-28(25)26)24(6-2)16-34(23)19(3)21-8-7-20-9-11-30-15-22(20)13-21/h7-9,11,13-15,18-19,23-24H,5-6,12,16-17H2,1-4H3/t19?,23-,24+/m1/s1. The molecule has 1 fully saturated rings. The van der Waals surface area contributed by atoms with Crippen LogP contribution in [0.25, 0.3) is 21.8 Å². The van der Waals surface area contributed by atoms with Crippen molar-refractivity contribution in [2.45, 2.75) is 58.3 Å². The molecule has 1 aromatic carbocycles. The zero-order valence-corrected chi connectivity index (χ0v) is 21.4. The first kappa shape index (κ1) is 24.0. The lowest BCUT2D eigenvalue weighted by Gasteiger charge is -2.49. The lowest BCUT2D eigenvalue weighted by atomic mass is 9.95. The molecule has 1 aliphatic heterocycles. The fourth-order valence-corrected chi connectivity index (χ4v) is 5.62. The minimum absolute atomic E-state index is 0.0579. The second kappa shape index (κ2) is 9.75. The molecule has 4 heterocycles. The zero-order chi connectivity index (χ0) is 25.4. The van der Waals surface area contributed by atoms with E-state index in [1.54, 1.807) is 28.6 Å². The van der Waals surface area contributed by atoms with Crippen molar-refractivity contribution in [1.82, 2.24) is 24.2 Å². The molecular formula is C28H33N7O. The Labute approximate surface area is 211 Å². The quantitative estimate of drug-likeness (QED) is 0.408. The van der Waals surface area contributed by atoms with Gasteiger partial charge in [-0.2, -0.15) is 10.4 Å². The summed E-state index contributed by atoms with van der Waals surface area (Å²) in [5.74, 6) is 0. The van der Waals surface area contributed by atoms with E-state index in [4.69, 9.17) is 10.4 Å². The molecule has 0 bridgehead atoms. The number of piperazine rings is 1. The summed E-state index contributed by atoms with van der Waals surface area (Å²) in [5.41, 5.74) is 3.65. The molecule has 8 nitrogen and oxygen atoms in total. The van der Waals surface area contributed by atoms with Gasteiger partial charge in [-0.3, -0.25) is 19.4 Å². The molecule has 4 aromatic rings. The number of hydrogen-bond acceptors (Lipinski definition) is 6. The Morgan fingerprint density at radius 2 is 1.92 bits per heavy atom. The number of nitrogens with zero attached hydrogens (tertiary/aromatic N) is 7. The summed E-state index contributed by atoms with van der Waals surface area (Å²) in [6.07, 6.45) is 7.53. The van der Waals surface area contributed by atoms with Crippen LogP contribution in [0.3, 0.4) is 0 Å². The Hall–Kier alpha value is -3.70. The highest BCUT2D eigenvalue weighted by Gasteiger charge is 2.36. The lowest BCUT2D eigenvalue weighted by Crippen LogP contribution is -2.58. The maximum absolute atomic E-state index is 12.9. The monoisotopic (exact) mass is 483 g/mol. The molecule has 3 atom stereocenters. The fraction of sp³-hybridized carbons (Fsp3) is 0.429. The van der Waals surface area contributed by atoms with Gasteiger partial charge in [0, 0.05) is 62.1 Å². The third-order valence-corrected chi connectivity index (χ3v) is 7.81. The van der Waals surface area contributed by atoms with Crippen LogP contribution in [0.15, 0.2) is 53.7 Å². The second-order valence-electron chi connectivity index (χ2n) is 9.78. The summed E-state index contributed by atoms with van der Waals surface area (Å²) >= 11 is 0. The van der Waals surface area contributed by atoms with Crippen molar-refractivity contribution >= 4 is 27.5 Å². The van der Waals surface area contributed by atoms with E-state index < -0.39 is 0 Å². The number of benzene rings is 1. The highest BCUT2D eigenvalue weighted by Crippen LogP contribution is 2.35. The summed E-state index contributed by atoms with van der Waals surface area (Å²) in [4.78, 5) is 22.2. The molecule has 3 aromatic heterocycles. The van der Waals surface area contributed by atoms with Crippen LogP contribution in [0.4, 0.5) is 5.69 Å². The molecule has 1 unspecified atom stereocenters. The number of rotatable bonds is 6. The van der Waals surface area contributed by atoms with Crippen LogP contribution in [0.5, 0.6) is 0 Å². The number of aryl methyl sites for hydroxylation is 1. The van der Waals surface area contributed by atoms with Crippen LogP contribution in [-0.2, 0) is 13.6 Å². The van der Waals surface area contributed by atoms with Crippen LogP contribution in [-0.4, -0.2) is 49.4 Å². The van der Waals surface area contributed by atoms with Crippen molar-refractivity contribution in [3.63, 3.8) is 0 Å². The van der Waals surface area contributed by atoms with Crippen molar-refractivity contribution in [3.8, 4) is 6.07 Å². The van der Waals surface area contributed by atoms with E-state index >= 15 is 0 Å². The average Bonchev–Trinajstić information content (AvgIpc) is 3.33. The summed E-state index contributed by atoms with van der Waals surface area (Å²) in [6.45, 7) is 8.62. The molecule has 8 heteroatoms. The van der Waals surface area contributed by atoms with Gasteiger partial charge in [-0.25, -0.2) is 0 Å². The number of pyridine rings is 2. The summed E-state index contributed by atoms with van der Waals surface area (Å²) in [5, 5.41) is 16.2. The molecule has 0 radical (unpaired) electrons. The minimum atomic E-state index is -0.0579. The first-order valence-electron chi connectivity index (χ1n) is 12.7. The van der Waals surface area contributed by atoms with Gasteiger partial charge in [-0.05, 0) is 42.8 Å². The molecule has 5 rings (SSSR count). The van der Waals surface area contributed by atoms with Gasteiger partial charge in [0.1, 0.15) is 12.1 Å². The predicted octanol–water partition coefficient (Wildman–Crippen LogP) is 4.25. The second-order valence-corrected chi connectivity index (χ2v) is 9.78. The van der Waals surface area contributed by atoms with Gasteiger partial charge in [0.15, 0.2) is 0 Å². The normalized spacial score (nSPS) is 19.6. The predicted molar refractivity (Wildman–Crippen MR) is 143 cm³/mol. The van der Waals surface area contributed by atoms with E-state index in [-0.39, 0.29) is 24.2 Å². The van der Waals surface area contributed by atoms with Crippen LogP contribution in [0.2, 0.25) is 0 Å². The molecule has 1 aliphatic rings. The number of nitriles is 1. The third kappa shape index (κ3) is 4.14. The van der Waals surface area contributed by atoms with Gasteiger partial charge in [-0.1, -0.05) is 26.0 Å². The first-order valence-corrected chi connectivity index (χ1v) is 12.7. The molecule has 186 valence electrons. The first-order chi connectivity index (χ1) is 17.4. The van der Waals surface area contributed by atoms with E-state index in [1.165, 1.54) is 10.9 Å². The smallest absolute Gasteiger partial charge is 0.252 e. The van der Waals surface area contributed by atoms with E-state index in [2.05, 4.69) is 59.8 Å². The largest absolute Gasteiger partial charge is 0.364 e. The number of fused-ring (bicyclic) bond motifs is 2. The third-order valence-electron chi connectivity index (χ3n) is 7.81. The Bertz CT molecular complexity index is 1500. The minimum Gasteiger partial charge on any atom is -0.364 e. The van der Waals surface area contributed by atoms with Crippen LogP contribution in [0.1, 0.15) is 45.2 Å². The topological polar surface area (TPSA) is 83.0 Å². The lowest BCUT2D eigenvalue weighted by molar-refractivity contribution is 0.101.